The maximum absolute atomic E-state index is 14.5. The summed E-state index contributed by atoms with van der Waals surface area (Å²) in [6.45, 7) is 7.73. The maximum Gasteiger partial charge on any atom is 0.348 e. The molecule has 0 aliphatic carbocycles. The third kappa shape index (κ3) is 8.93. The number of hydrogen-bond donors (Lipinski definition) is 0. The van der Waals surface area contributed by atoms with Gasteiger partial charge >= 0.3 is 11.4 Å². The van der Waals surface area contributed by atoms with Gasteiger partial charge in [-0.1, -0.05) is 12.1 Å². The smallest absolute Gasteiger partial charge is 0.348 e. The quantitative estimate of drug-likeness (QED) is 0.114. The van der Waals surface area contributed by atoms with E-state index in [-0.39, 0.29) is 17.5 Å². The molecule has 8 aromatic rings. The fourth-order valence-electron chi connectivity index (χ4n) is 8.79. The number of pyridine rings is 4. The number of hydrogen-bond acceptors (Lipinski definition) is 13. The van der Waals surface area contributed by atoms with Gasteiger partial charge in [0.2, 0.25) is 11.8 Å². The van der Waals surface area contributed by atoms with Crippen LogP contribution in [-0.4, -0.2) is 142 Å². The lowest BCUT2D eigenvalue weighted by atomic mass is 10.0. The van der Waals surface area contributed by atoms with Crippen molar-refractivity contribution in [2.24, 2.45) is 7.05 Å². The number of morpholine rings is 1. The van der Waals surface area contributed by atoms with E-state index in [1.165, 1.54) is 0 Å². The van der Waals surface area contributed by atoms with E-state index in [0.717, 1.165) is 92.1 Å². The molecule has 1 unspecified atom stereocenters. The second-order valence-electron chi connectivity index (χ2n) is 17.6. The molecule has 9 rings (SSSR count). The lowest BCUT2D eigenvalue weighted by Gasteiger charge is -2.33. The van der Waals surface area contributed by atoms with Gasteiger partial charge in [-0.2, -0.15) is 0 Å². The molecule has 0 radical (unpaired) electrons. The Kier molecular flexibility index (Phi) is 12.7. The summed E-state index contributed by atoms with van der Waals surface area (Å²) in [6, 6.07) is 20.0. The van der Waals surface area contributed by atoms with Crippen LogP contribution in [0.25, 0.3) is 66.1 Å². The van der Waals surface area contributed by atoms with Crippen molar-refractivity contribution in [3.05, 3.63) is 106 Å². The van der Waals surface area contributed by atoms with Gasteiger partial charge in [-0.25, -0.2) is 28.9 Å². The van der Waals surface area contributed by atoms with Gasteiger partial charge in [0.1, 0.15) is 11.0 Å². The number of fused-ring (bicyclic) bond motifs is 6. The minimum Gasteiger partial charge on any atom is -0.478 e. The van der Waals surface area contributed by atoms with Crippen molar-refractivity contribution in [2.75, 3.05) is 97.8 Å². The van der Waals surface area contributed by atoms with Crippen molar-refractivity contribution in [2.45, 2.75) is 32.4 Å². The summed E-state index contributed by atoms with van der Waals surface area (Å²) in [5, 5.41) is 5.68. The summed E-state index contributed by atoms with van der Waals surface area (Å²) in [5.41, 5.74) is 8.43. The van der Waals surface area contributed by atoms with Crippen LogP contribution in [0.15, 0.2) is 95.0 Å². The van der Waals surface area contributed by atoms with E-state index < -0.39 is 0 Å². The van der Waals surface area contributed by atoms with Crippen LogP contribution in [0.5, 0.6) is 11.8 Å². The summed E-state index contributed by atoms with van der Waals surface area (Å²) in [4.78, 5) is 50.6. The summed E-state index contributed by atoms with van der Waals surface area (Å²) in [5.74, 6) is 1.14. The largest absolute Gasteiger partial charge is 0.478 e. The van der Waals surface area contributed by atoms with Gasteiger partial charge in [-0.15, -0.1) is 0 Å². The topological polar surface area (TPSA) is 146 Å². The van der Waals surface area contributed by atoms with Crippen LogP contribution in [0.4, 0.5) is 0 Å². The van der Waals surface area contributed by atoms with Crippen LogP contribution in [0, 0.1) is 0 Å². The Morgan fingerprint density at radius 1 is 0.682 bits per heavy atom. The third-order valence-electron chi connectivity index (χ3n) is 12.3. The molecule has 2 aromatic carbocycles. The summed E-state index contributed by atoms with van der Waals surface area (Å²) in [7, 11) is 11.6. The minimum absolute atomic E-state index is 0.0152. The Hall–Kier alpha value is -6.82. The van der Waals surface area contributed by atoms with E-state index in [9.17, 15) is 9.59 Å². The van der Waals surface area contributed by atoms with Crippen LogP contribution in [-0.2, 0) is 18.3 Å². The zero-order valence-corrected chi connectivity index (χ0v) is 38.8. The highest BCUT2D eigenvalue weighted by molar-refractivity contribution is 6.05. The molecule has 0 bridgehead atoms. The number of rotatable bonds is 17. The standard InChI is InChI=1S/C49H58N12O5/c1-33-32-58(22-25-64-33)61-47-39-27-35(37-12-16-44(52-29-37)65-23-8-18-54(2)3)11-15-41(39)51-31-43(47)59(49(61)63)21-20-56(6)19-9-24-66-45-17-13-36(28-53-45)34-10-14-40-38(26-34)46-42(30-50-40)57(7)48(62)60(46)55(4)5/h10-17,26-31,33H,8-9,18-25,32H2,1-7H3. The first kappa shape index (κ1) is 44.4. The van der Waals surface area contributed by atoms with Crippen LogP contribution in [0.1, 0.15) is 19.8 Å². The number of benzene rings is 2. The average Bonchev–Trinajstić information content (AvgIpc) is 3.76. The number of likely N-dealkylation sites (N-methyl/N-ethyl adjacent to an activating group) is 1. The lowest BCUT2D eigenvalue weighted by Crippen LogP contribution is -2.51. The van der Waals surface area contributed by atoms with Crippen LogP contribution >= 0.6 is 0 Å². The van der Waals surface area contributed by atoms with E-state index in [2.05, 4.69) is 63.0 Å². The first-order valence-electron chi connectivity index (χ1n) is 22.6. The van der Waals surface area contributed by atoms with Crippen molar-refractivity contribution in [3.63, 3.8) is 0 Å². The fraction of sp³-hybridized carbons (Fsp3) is 0.388. The molecule has 0 N–H and O–H groups in total. The second kappa shape index (κ2) is 19.0. The van der Waals surface area contributed by atoms with Gasteiger partial charge in [0, 0.05) is 93.7 Å². The van der Waals surface area contributed by atoms with E-state index >= 15 is 0 Å². The number of aryl methyl sites for hydroxylation is 1. The number of ether oxygens (including phenoxy) is 3. The molecule has 17 nitrogen and oxygen atoms in total. The molecule has 66 heavy (non-hydrogen) atoms. The minimum atomic E-state index is -0.127. The van der Waals surface area contributed by atoms with Gasteiger partial charge in [-0.3, -0.25) is 19.1 Å². The zero-order valence-electron chi connectivity index (χ0n) is 38.8. The molecule has 1 saturated heterocycles. The van der Waals surface area contributed by atoms with Crippen molar-refractivity contribution in [1.29, 1.82) is 0 Å². The van der Waals surface area contributed by atoms with Gasteiger partial charge in [-0.05, 0) is 88.4 Å². The number of nitrogens with zero attached hydrogens (tertiary/aromatic N) is 12. The number of aromatic nitrogens is 8. The van der Waals surface area contributed by atoms with Gasteiger partial charge in [0.15, 0.2) is 0 Å². The monoisotopic (exact) mass is 894 g/mol. The molecule has 1 atom stereocenters. The normalized spacial score (nSPS) is 14.4. The Labute approximate surface area is 382 Å². The predicted molar refractivity (Wildman–Crippen MR) is 260 cm³/mol. The fourth-order valence-corrected chi connectivity index (χ4v) is 8.79. The van der Waals surface area contributed by atoms with E-state index in [0.29, 0.717) is 57.8 Å². The number of imidazole rings is 2. The lowest BCUT2D eigenvalue weighted by molar-refractivity contribution is 0.0438. The highest BCUT2D eigenvalue weighted by Crippen LogP contribution is 2.31. The second-order valence-corrected chi connectivity index (χ2v) is 17.6. The Bertz CT molecular complexity index is 3120. The third-order valence-corrected chi connectivity index (χ3v) is 12.3. The molecule has 1 aliphatic heterocycles. The zero-order chi connectivity index (χ0) is 46.1. The molecule has 0 spiro atoms. The van der Waals surface area contributed by atoms with Gasteiger partial charge in [0.25, 0.3) is 0 Å². The molecule has 6 aromatic heterocycles. The van der Waals surface area contributed by atoms with Gasteiger partial charge < -0.3 is 34.0 Å². The van der Waals surface area contributed by atoms with Gasteiger partial charge in [0.05, 0.1) is 73.5 Å². The Morgan fingerprint density at radius 2 is 1.27 bits per heavy atom. The Balaban J connectivity index is 0.867. The SMILES string of the molecule is CC1CN(n2c(=O)n(CCN(C)CCCOc3ccc(-c4ccc5ncc6c(c5c4)n(N(C)C)c(=O)n6C)cn3)c3cnc4ccc(-c5ccc(OCCCN(C)C)nc5)cc4c32)CCO1. The maximum atomic E-state index is 14.5. The predicted octanol–water partition coefficient (Wildman–Crippen LogP) is 4.96. The average molecular weight is 895 g/mol. The molecule has 0 amide bonds. The summed E-state index contributed by atoms with van der Waals surface area (Å²) >= 11 is 0. The summed E-state index contributed by atoms with van der Waals surface area (Å²) in [6.07, 6.45) is 8.90. The molecule has 17 heteroatoms. The molecular weight excluding hydrogens is 837 g/mol. The van der Waals surface area contributed by atoms with E-state index in [1.54, 1.807) is 27.5 Å². The molecule has 7 heterocycles. The van der Waals surface area contributed by atoms with E-state index in [4.69, 9.17) is 19.2 Å². The van der Waals surface area contributed by atoms with Crippen LogP contribution in [0.2, 0.25) is 0 Å². The highest BCUT2D eigenvalue weighted by Gasteiger charge is 2.25. The van der Waals surface area contributed by atoms with Crippen molar-refractivity contribution in [1.82, 2.24) is 48.2 Å². The van der Waals surface area contributed by atoms with Crippen molar-refractivity contribution in [3.8, 4) is 34.0 Å². The molecule has 1 fully saturated rings. The van der Waals surface area contributed by atoms with Crippen molar-refractivity contribution < 1.29 is 14.2 Å². The van der Waals surface area contributed by atoms with Crippen LogP contribution < -0.4 is 30.9 Å². The molecule has 344 valence electrons. The van der Waals surface area contributed by atoms with Crippen molar-refractivity contribution >= 4 is 43.9 Å². The molecule has 1 aliphatic rings. The van der Waals surface area contributed by atoms with E-state index in [1.807, 2.05) is 97.4 Å². The highest BCUT2D eigenvalue weighted by atomic mass is 16.5. The first-order chi connectivity index (χ1) is 31.9. The molecule has 0 saturated carbocycles. The first-order valence-corrected chi connectivity index (χ1v) is 22.6. The molecular formula is C49H58N12O5. The summed E-state index contributed by atoms with van der Waals surface area (Å²) < 4.78 is 24.8. The van der Waals surface area contributed by atoms with Crippen LogP contribution in [0.3, 0.4) is 0 Å². The Morgan fingerprint density at radius 3 is 1.85 bits per heavy atom.